The van der Waals surface area contributed by atoms with Crippen LogP contribution in [0.25, 0.3) is 0 Å². The van der Waals surface area contributed by atoms with Crippen LogP contribution in [0.15, 0.2) is 65.6 Å². The molecule has 3 rings (SSSR count). The van der Waals surface area contributed by atoms with Gasteiger partial charge in [-0.25, -0.2) is 4.79 Å². The molecule has 1 heterocycles. The van der Waals surface area contributed by atoms with Crippen molar-refractivity contribution in [2.45, 2.75) is 41.4 Å². The molecule has 0 aromatic heterocycles. The number of rotatable bonds is 6. The molecule has 1 aliphatic rings. The van der Waals surface area contributed by atoms with Crippen LogP contribution in [0.5, 0.6) is 0 Å². The van der Waals surface area contributed by atoms with Crippen LogP contribution < -0.4 is 0 Å². The second-order valence-corrected chi connectivity index (χ2v) is 7.29. The summed E-state index contributed by atoms with van der Waals surface area (Å²) in [6, 6.07) is 18.8. The average molecular weight is 390 g/mol. The van der Waals surface area contributed by atoms with Crippen LogP contribution in [0, 0.1) is 0 Å². The van der Waals surface area contributed by atoms with Gasteiger partial charge in [0.2, 0.25) is 0 Å². The van der Waals surface area contributed by atoms with Crippen LogP contribution in [0.2, 0.25) is 0 Å². The number of hydrogen-bond donors (Lipinski definition) is 2. The number of benzene rings is 2. The normalized spacial score (nSPS) is 27.9. The number of methoxy groups -OCH3 is 1. The van der Waals surface area contributed by atoms with Gasteiger partial charge in [0.25, 0.3) is 0 Å². The highest BCUT2D eigenvalue weighted by atomic mass is 32.2. The van der Waals surface area contributed by atoms with Crippen LogP contribution in [-0.4, -0.2) is 53.1 Å². The highest BCUT2D eigenvalue weighted by molar-refractivity contribution is 7.99. The summed E-state index contributed by atoms with van der Waals surface area (Å²) in [7, 11) is 1.22. The van der Waals surface area contributed by atoms with E-state index in [4.69, 9.17) is 14.2 Å². The van der Waals surface area contributed by atoms with Crippen LogP contribution >= 0.6 is 11.8 Å². The van der Waals surface area contributed by atoms with Crippen molar-refractivity contribution >= 4 is 17.7 Å². The predicted octanol–water partition coefficient (Wildman–Crippen LogP) is 1.98. The van der Waals surface area contributed by atoms with Gasteiger partial charge < -0.3 is 24.4 Å². The topological polar surface area (TPSA) is 85.2 Å². The highest BCUT2D eigenvalue weighted by Crippen LogP contribution is 2.35. The molecule has 2 aromatic carbocycles. The molecule has 144 valence electrons. The third-order valence-electron chi connectivity index (χ3n) is 4.26. The summed E-state index contributed by atoms with van der Waals surface area (Å²) in [4.78, 5) is 12.9. The monoisotopic (exact) mass is 390 g/mol. The second kappa shape index (κ2) is 9.34. The number of aliphatic hydroxyl groups excluding tert-OH is 2. The molecule has 0 bridgehead atoms. The van der Waals surface area contributed by atoms with E-state index in [0.29, 0.717) is 0 Å². The van der Waals surface area contributed by atoms with Crippen molar-refractivity contribution in [1.29, 1.82) is 0 Å². The number of thioether (sulfide) groups is 1. The Morgan fingerprint density at radius 3 is 2.30 bits per heavy atom. The zero-order chi connectivity index (χ0) is 19.2. The first-order valence-electron chi connectivity index (χ1n) is 8.57. The summed E-state index contributed by atoms with van der Waals surface area (Å²) >= 11 is 1.26. The smallest absolute Gasteiger partial charge is 0.337 e. The van der Waals surface area contributed by atoms with Gasteiger partial charge in [-0.3, -0.25) is 0 Å². The molecular weight excluding hydrogens is 368 g/mol. The maximum Gasteiger partial charge on any atom is 0.337 e. The van der Waals surface area contributed by atoms with Crippen molar-refractivity contribution in [2.24, 2.45) is 0 Å². The Kier molecular flexibility index (Phi) is 6.87. The lowest BCUT2D eigenvalue weighted by atomic mass is 9.99. The third kappa shape index (κ3) is 4.88. The lowest BCUT2D eigenvalue weighted by Gasteiger charge is -2.41. The van der Waals surface area contributed by atoms with E-state index in [2.05, 4.69) is 0 Å². The molecule has 0 amide bonds. The van der Waals surface area contributed by atoms with Crippen molar-refractivity contribution in [3.63, 3.8) is 0 Å². The van der Waals surface area contributed by atoms with Gasteiger partial charge in [0.05, 0.1) is 13.7 Å². The number of carbonyl (C=O) groups excluding carboxylic acids is 1. The van der Waals surface area contributed by atoms with E-state index in [1.807, 2.05) is 60.7 Å². The quantitative estimate of drug-likeness (QED) is 0.730. The fraction of sp³-hybridized carbons (Fsp3) is 0.350. The zero-order valence-corrected chi connectivity index (χ0v) is 15.6. The van der Waals surface area contributed by atoms with Crippen molar-refractivity contribution < 1.29 is 29.2 Å². The van der Waals surface area contributed by atoms with E-state index in [-0.39, 0.29) is 6.61 Å². The first-order chi connectivity index (χ1) is 13.1. The van der Waals surface area contributed by atoms with E-state index in [1.54, 1.807) is 0 Å². The van der Waals surface area contributed by atoms with E-state index in [0.717, 1.165) is 10.5 Å². The zero-order valence-electron chi connectivity index (χ0n) is 14.8. The van der Waals surface area contributed by atoms with Gasteiger partial charge in [-0.1, -0.05) is 60.3 Å². The molecule has 0 saturated carbocycles. The minimum atomic E-state index is -1.34. The molecule has 1 fully saturated rings. The molecule has 7 heteroatoms. The minimum Gasteiger partial charge on any atom is -0.467 e. The highest BCUT2D eigenvalue weighted by Gasteiger charge is 2.49. The number of hydrogen-bond acceptors (Lipinski definition) is 7. The number of ether oxygens (including phenoxy) is 3. The average Bonchev–Trinajstić information content (AvgIpc) is 2.71. The van der Waals surface area contributed by atoms with Crippen LogP contribution in [-0.2, 0) is 25.6 Å². The van der Waals surface area contributed by atoms with Crippen LogP contribution in [0.3, 0.4) is 0 Å². The molecule has 3 unspecified atom stereocenters. The molecule has 27 heavy (non-hydrogen) atoms. The minimum absolute atomic E-state index is 0.191. The Bertz CT molecular complexity index is 726. The largest absolute Gasteiger partial charge is 0.467 e. The molecule has 1 aliphatic heterocycles. The van der Waals surface area contributed by atoms with Crippen LogP contribution in [0.1, 0.15) is 5.56 Å². The predicted molar refractivity (Wildman–Crippen MR) is 100 cm³/mol. The molecule has 0 aliphatic carbocycles. The van der Waals surface area contributed by atoms with Gasteiger partial charge in [0.15, 0.2) is 6.10 Å². The number of aliphatic hydroxyl groups is 2. The summed E-state index contributed by atoms with van der Waals surface area (Å²) < 4.78 is 16.2. The Morgan fingerprint density at radius 2 is 1.67 bits per heavy atom. The summed E-state index contributed by atoms with van der Waals surface area (Å²) in [6.07, 6.45) is -4.71. The standard InChI is InChI=1S/C20H22O6S/c1-24-19(23)18-15(21)17(25-12-13-8-4-2-5-9-13)16(22)20(26-18)27-14-10-6-3-7-11-14/h2-11,15-18,20-22H,12H2,1H3/t15-,16?,17+,18?,20?/m0/s1. The molecule has 1 saturated heterocycles. The van der Waals surface area contributed by atoms with Gasteiger partial charge in [-0.15, -0.1) is 0 Å². The van der Waals surface area contributed by atoms with Crippen molar-refractivity contribution in [1.82, 2.24) is 0 Å². The number of carbonyl (C=O) groups is 1. The molecule has 6 nitrogen and oxygen atoms in total. The fourth-order valence-electron chi connectivity index (χ4n) is 2.84. The summed E-state index contributed by atoms with van der Waals surface area (Å²) in [6.45, 7) is 0.191. The molecule has 0 radical (unpaired) electrons. The summed E-state index contributed by atoms with van der Waals surface area (Å²) in [5.74, 6) is -0.707. The van der Waals surface area contributed by atoms with Gasteiger partial charge in [-0.05, 0) is 17.7 Å². The van der Waals surface area contributed by atoms with Crippen molar-refractivity contribution in [3.8, 4) is 0 Å². The first-order valence-corrected chi connectivity index (χ1v) is 9.45. The maximum absolute atomic E-state index is 12.0. The first kappa shape index (κ1) is 19.9. The fourth-order valence-corrected chi connectivity index (χ4v) is 3.89. The Hall–Kier alpha value is -1.90. The summed E-state index contributed by atoms with van der Waals surface area (Å²) in [5, 5.41) is 21.3. The van der Waals surface area contributed by atoms with Gasteiger partial charge in [-0.2, -0.15) is 0 Å². The van der Waals surface area contributed by atoms with Crippen molar-refractivity contribution in [2.75, 3.05) is 7.11 Å². The van der Waals surface area contributed by atoms with E-state index in [9.17, 15) is 15.0 Å². The second-order valence-electron chi connectivity index (χ2n) is 6.12. The molecule has 0 spiro atoms. The van der Waals surface area contributed by atoms with E-state index < -0.39 is 35.8 Å². The SMILES string of the molecule is COC(=O)C1OC(Sc2ccccc2)C(O)[C@H](OCc2ccccc2)[C@@H]1O. The number of esters is 1. The van der Waals surface area contributed by atoms with Gasteiger partial charge in [0, 0.05) is 4.90 Å². The molecule has 5 atom stereocenters. The van der Waals surface area contributed by atoms with E-state index in [1.165, 1.54) is 18.9 Å². The van der Waals surface area contributed by atoms with Crippen molar-refractivity contribution in [3.05, 3.63) is 66.2 Å². The molecule has 2 aromatic rings. The lowest BCUT2D eigenvalue weighted by Crippen LogP contribution is -2.59. The Balaban J connectivity index is 1.77. The summed E-state index contributed by atoms with van der Waals surface area (Å²) in [5.41, 5.74) is 0.103. The maximum atomic E-state index is 12.0. The Morgan fingerprint density at radius 1 is 1.04 bits per heavy atom. The molecule has 2 N–H and O–H groups in total. The lowest BCUT2D eigenvalue weighted by molar-refractivity contribution is -0.224. The van der Waals surface area contributed by atoms with E-state index >= 15 is 0 Å². The van der Waals surface area contributed by atoms with Gasteiger partial charge in [0.1, 0.15) is 23.7 Å². The molecular formula is C20H22O6S. The van der Waals surface area contributed by atoms with Gasteiger partial charge >= 0.3 is 5.97 Å². The Labute approximate surface area is 162 Å². The third-order valence-corrected chi connectivity index (χ3v) is 5.42. The van der Waals surface area contributed by atoms with Crippen LogP contribution in [0.4, 0.5) is 0 Å².